The lowest BCUT2D eigenvalue weighted by atomic mass is 9.91. The fourth-order valence-electron chi connectivity index (χ4n) is 2.18. The molecule has 5 heteroatoms. The molecule has 16 heavy (non-hydrogen) atoms. The average molecular weight is 244 g/mol. The molecule has 0 aliphatic carbocycles. The molecule has 1 aromatic rings. The molecule has 1 aliphatic rings. The molecule has 1 saturated heterocycles. The van der Waals surface area contributed by atoms with E-state index in [0.717, 1.165) is 31.9 Å². The highest BCUT2D eigenvalue weighted by Gasteiger charge is 2.34. The molecule has 0 N–H and O–H groups in total. The molecule has 0 bridgehead atoms. The third kappa shape index (κ3) is 1.96. The van der Waals surface area contributed by atoms with E-state index in [4.69, 9.17) is 16.3 Å². The van der Waals surface area contributed by atoms with Crippen LogP contribution in [0.4, 0.5) is 0 Å². The second-order valence-corrected chi connectivity index (χ2v) is 5.26. The molecule has 0 spiro atoms. The number of nitrogens with zero attached hydrogens (tertiary/aromatic N) is 3. The summed E-state index contributed by atoms with van der Waals surface area (Å²) in [5.41, 5.74) is -0.00155. The van der Waals surface area contributed by atoms with Gasteiger partial charge in [0.05, 0.1) is 5.54 Å². The van der Waals surface area contributed by atoms with Crippen molar-refractivity contribution >= 4 is 11.6 Å². The van der Waals surface area contributed by atoms with Gasteiger partial charge >= 0.3 is 0 Å². The Morgan fingerprint density at radius 2 is 1.94 bits per heavy atom. The van der Waals surface area contributed by atoms with Crippen LogP contribution in [0.3, 0.4) is 0 Å². The molecule has 1 fully saturated rings. The first-order chi connectivity index (χ1) is 7.54. The van der Waals surface area contributed by atoms with E-state index in [0.29, 0.717) is 11.2 Å². The van der Waals surface area contributed by atoms with Crippen molar-refractivity contribution < 1.29 is 4.74 Å². The molecule has 1 aromatic heterocycles. The minimum atomic E-state index is -0.00155. The molecule has 0 aromatic carbocycles. The highest BCUT2D eigenvalue weighted by atomic mass is 35.5. The van der Waals surface area contributed by atoms with Crippen LogP contribution < -0.4 is 0 Å². The highest BCUT2D eigenvalue weighted by Crippen LogP contribution is 2.34. The predicted molar refractivity (Wildman–Crippen MR) is 62.8 cm³/mol. The van der Waals surface area contributed by atoms with Crippen molar-refractivity contribution in [3.05, 3.63) is 11.1 Å². The molecule has 0 radical (unpaired) electrons. The number of hydrogen-bond donors (Lipinski definition) is 0. The third-order valence-electron chi connectivity index (χ3n) is 3.27. The van der Waals surface area contributed by atoms with Gasteiger partial charge in [0.15, 0.2) is 0 Å². The molecule has 1 aliphatic heterocycles. The van der Waals surface area contributed by atoms with E-state index in [9.17, 15) is 0 Å². The Labute approximate surface area is 101 Å². The summed E-state index contributed by atoms with van der Waals surface area (Å²) >= 11 is 6.16. The van der Waals surface area contributed by atoms with Crippen LogP contribution in [0.25, 0.3) is 0 Å². The molecule has 0 unspecified atom stereocenters. The second kappa shape index (κ2) is 4.34. The van der Waals surface area contributed by atoms with Crippen LogP contribution in [0.5, 0.6) is 0 Å². The molecular formula is C11H18ClN3O. The van der Waals surface area contributed by atoms with Gasteiger partial charge in [-0.05, 0) is 31.4 Å². The van der Waals surface area contributed by atoms with Crippen LogP contribution in [-0.4, -0.2) is 28.0 Å². The maximum atomic E-state index is 6.16. The zero-order valence-corrected chi connectivity index (χ0v) is 10.8. The zero-order valence-electron chi connectivity index (χ0n) is 10.0. The van der Waals surface area contributed by atoms with Gasteiger partial charge in [0.25, 0.3) is 0 Å². The first-order valence-electron chi connectivity index (χ1n) is 5.73. The third-order valence-corrected chi connectivity index (χ3v) is 3.52. The van der Waals surface area contributed by atoms with Crippen LogP contribution >= 0.6 is 11.6 Å². The topological polar surface area (TPSA) is 39.9 Å². The van der Waals surface area contributed by atoms with Gasteiger partial charge in [-0.3, -0.25) is 4.57 Å². The number of ether oxygens (including phenoxy) is 1. The quantitative estimate of drug-likeness (QED) is 0.802. The molecule has 4 nitrogen and oxygen atoms in total. The maximum Gasteiger partial charge on any atom is 0.225 e. The summed E-state index contributed by atoms with van der Waals surface area (Å²) in [6.45, 7) is 7.99. The normalized spacial score (nSPS) is 20.3. The molecule has 90 valence electrons. The standard InChI is InChI=1S/C11H18ClN3O/c1-8(2)9-13-14-10(12)15(9)11(3)4-6-16-7-5-11/h8H,4-7H2,1-3H3. The summed E-state index contributed by atoms with van der Waals surface area (Å²) < 4.78 is 7.49. The van der Waals surface area contributed by atoms with Gasteiger partial charge in [0, 0.05) is 19.1 Å². The lowest BCUT2D eigenvalue weighted by molar-refractivity contribution is 0.0280. The van der Waals surface area contributed by atoms with Gasteiger partial charge in [0.2, 0.25) is 5.28 Å². The van der Waals surface area contributed by atoms with Crippen LogP contribution in [0.2, 0.25) is 5.28 Å². The van der Waals surface area contributed by atoms with Crippen molar-refractivity contribution in [1.29, 1.82) is 0 Å². The SMILES string of the molecule is CC(C)c1nnc(Cl)n1C1(C)CCOCC1. The van der Waals surface area contributed by atoms with Crippen LogP contribution in [0.1, 0.15) is 45.4 Å². The first kappa shape index (κ1) is 11.9. The summed E-state index contributed by atoms with van der Waals surface area (Å²) in [5.74, 6) is 1.30. The number of aromatic nitrogens is 3. The van der Waals surface area contributed by atoms with E-state index in [1.807, 2.05) is 0 Å². The van der Waals surface area contributed by atoms with Gasteiger partial charge in [-0.1, -0.05) is 13.8 Å². The summed E-state index contributed by atoms with van der Waals surface area (Å²) in [6, 6.07) is 0. The summed E-state index contributed by atoms with van der Waals surface area (Å²) in [6.07, 6.45) is 1.93. The van der Waals surface area contributed by atoms with Gasteiger partial charge in [-0.15, -0.1) is 10.2 Å². The Kier molecular flexibility index (Phi) is 3.22. The molecule has 0 saturated carbocycles. The van der Waals surface area contributed by atoms with E-state index in [1.54, 1.807) is 0 Å². The summed E-state index contributed by atoms with van der Waals surface area (Å²) in [5, 5.41) is 8.67. The van der Waals surface area contributed by atoms with Gasteiger partial charge < -0.3 is 4.74 Å². The fraction of sp³-hybridized carbons (Fsp3) is 0.818. The maximum absolute atomic E-state index is 6.16. The molecule has 0 amide bonds. The Morgan fingerprint density at radius 1 is 1.31 bits per heavy atom. The van der Waals surface area contributed by atoms with Gasteiger partial charge in [-0.2, -0.15) is 0 Å². The average Bonchev–Trinajstić information content (AvgIpc) is 2.62. The smallest absolute Gasteiger partial charge is 0.225 e. The number of rotatable bonds is 2. The second-order valence-electron chi connectivity index (χ2n) is 4.93. The van der Waals surface area contributed by atoms with Crippen molar-refractivity contribution in [2.75, 3.05) is 13.2 Å². The van der Waals surface area contributed by atoms with Crippen molar-refractivity contribution in [3.8, 4) is 0 Å². The van der Waals surface area contributed by atoms with Crippen molar-refractivity contribution in [3.63, 3.8) is 0 Å². The van der Waals surface area contributed by atoms with Crippen LogP contribution in [0.15, 0.2) is 0 Å². The number of hydrogen-bond acceptors (Lipinski definition) is 3. The van der Waals surface area contributed by atoms with Crippen LogP contribution in [0, 0.1) is 0 Å². The van der Waals surface area contributed by atoms with E-state index < -0.39 is 0 Å². The molecular weight excluding hydrogens is 226 g/mol. The minimum absolute atomic E-state index is 0.00155. The molecule has 0 atom stereocenters. The predicted octanol–water partition coefficient (Wildman–Crippen LogP) is 2.58. The Bertz CT molecular complexity index is 369. The van der Waals surface area contributed by atoms with E-state index in [-0.39, 0.29) is 5.54 Å². The van der Waals surface area contributed by atoms with Crippen molar-refractivity contribution in [2.24, 2.45) is 0 Å². The van der Waals surface area contributed by atoms with Crippen molar-refractivity contribution in [1.82, 2.24) is 14.8 Å². The Balaban J connectivity index is 2.41. The van der Waals surface area contributed by atoms with Gasteiger partial charge in [-0.25, -0.2) is 0 Å². The van der Waals surface area contributed by atoms with E-state index in [1.165, 1.54) is 0 Å². The van der Waals surface area contributed by atoms with E-state index >= 15 is 0 Å². The van der Waals surface area contributed by atoms with Gasteiger partial charge in [0.1, 0.15) is 5.82 Å². The summed E-state index contributed by atoms with van der Waals surface area (Å²) in [4.78, 5) is 0. The zero-order chi connectivity index (χ0) is 11.8. The summed E-state index contributed by atoms with van der Waals surface area (Å²) in [7, 11) is 0. The monoisotopic (exact) mass is 243 g/mol. The number of halogens is 1. The Hall–Kier alpha value is -0.610. The Morgan fingerprint density at radius 3 is 2.50 bits per heavy atom. The lowest BCUT2D eigenvalue weighted by Gasteiger charge is -2.36. The van der Waals surface area contributed by atoms with Crippen molar-refractivity contribution in [2.45, 2.75) is 45.1 Å². The first-order valence-corrected chi connectivity index (χ1v) is 6.11. The highest BCUT2D eigenvalue weighted by molar-refractivity contribution is 6.28. The minimum Gasteiger partial charge on any atom is -0.381 e. The lowest BCUT2D eigenvalue weighted by Crippen LogP contribution is -2.38. The van der Waals surface area contributed by atoms with Crippen LogP contribution in [-0.2, 0) is 10.3 Å². The molecule has 2 rings (SSSR count). The fourth-order valence-corrected chi connectivity index (χ4v) is 2.51. The van der Waals surface area contributed by atoms with E-state index in [2.05, 4.69) is 35.5 Å². The molecule has 2 heterocycles. The largest absolute Gasteiger partial charge is 0.381 e.